The van der Waals surface area contributed by atoms with Crippen molar-refractivity contribution in [2.75, 3.05) is 6.54 Å². The van der Waals surface area contributed by atoms with Crippen molar-refractivity contribution in [3.05, 3.63) is 36.2 Å². The van der Waals surface area contributed by atoms with Gasteiger partial charge >= 0.3 is 0 Å². The maximum absolute atomic E-state index is 12.1. The Balaban J connectivity index is 1.96. The summed E-state index contributed by atoms with van der Waals surface area (Å²) in [5.41, 5.74) is 7.30. The Bertz CT molecular complexity index is 624. The first-order valence-electron chi connectivity index (χ1n) is 6.44. The van der Waals surface area contributed by atoms with E-state index in [-0.39, 0.29) is 5.91 Å². The van der Waals surface area contributed by atoms with Crippen LogP contribution < -0.4 is 11.1 Å². The molecule has 0 bridgehead atoms. The summed E-state index contributed by atoms with van der Waals surface area (Å²) in [4.78, 5) is 21.0. The fourth-order valence-electron chi connectivity index (χ4n) is 1.90. The van der Waals surface area contributed by atoms with Crippen LogP contribution in [0.1, 0.15) is 29.6 Å². The van der Waals surface area contributed by atoms with Crippen LogP contribution in [0.15, 0.2) is 30.6 Å². The number of carbonyl (C=O) groups is 1. The van der Waals surface area contributed by atoms with Crippen LogP contribution in [-0.2, 0) is 0 Å². The van der Waals surface area contributed by atoms with E-state index in [0.717, 1.165) is 12.8 Å². The fraction of sp³-hybridized carbons (Fsp3) is 0.286. The van der Waals surface area contributed by atoms with E-state index in [9.17, 15) is 4.79 Å². The summed E-state index contributed by atoms with van der Waals surface area (Å²) < 4.78 is 0. The van der Waals surface area contributed by atoms with Crippen molar-refractivity contribution in [3.63, 3.8) is 0 Å². The van der Waals surface area contributed by atoms with E-state index < -0.39 is 0 Å². The zero-order valence-corrected chi connectivity index (χ0v) is 11.8. The Morgan fingerprint density at radius 2 is 2.05 bits per heavy atom. The number of hydrogen-bond donors (Lipinski definition) is 2. The monoisotopic (exact) mass is 288 g/mol. The van der Waals surface area contributed by atoms with Gasteiger partial charge in [0.1, 0.15) is 5.52 Å². The Kier molecular flexibility index (Phi) is 4.95. The minimum atomic E-state index is -0.133. The summed E-state index contributed by atoms with van der Waals surface area (Å²) in [6.45, 7) is 0.595. The lowest BCUT2D eigenvalue weighted by atomic mass is 10.1. The first-order valence-corrected chi connectivity index (χ1v) is 6.85. The predicted octanol–water partition coefficient (Wildman–Crippen LogP) is 1.82. The smallest absolute Gasteiger partial charge is 0.253 e. The van der Waals surface area contributed by atoms with Crippen LogP contribution in [0.3, 0.4) is 0 Å². The molecule has 1 heterocycles. The molecule has 0 aliphatic rings. The Labute approximate surface area is 122 Å². The number of aromatic nitrogens is 2. The van der Waals surface area contributed by atoms with Crippen molar-refractivity contribution < 1.29 is 4.79 Å². The molecular formula is C14H16N4OS. The molecule has 1 amide bonds. The Hall–Kier alpha value is -2.08. The summed E-state index contributed by atoms with van der Waals surface area (Å²) in [5.74, 6) is -0.133. The van der Waals surface area contributed by atoms with Crippen LogP contribution in [0, 0.1) is 0 Å². The number of benzene rings is 1. The second-order valence-electron chi connectivity index (χ2n) is 4.41. The molecule has 0 aliphatic heterocycles. The van der Waals surface area contributed by atoms with Crippen molar-refractivity contribution in [1.82, 2.24) is 15.3 Å². The number of nitrogens with zero attached hydrogens (tertiary/aromatic N) is 2. The second kappa shape index (κ2) is 6.91. The Morgan fingerprint density at radius 3 is 2.85 bits per heavy atom. The molecule has 0 atom stereocenters. The third-order valence-electron chi connectivity index (χ3n) is 2.88. The number of rotatable bonds is 6. The predicted molar refractivity (Wildman–Crippen MR) is 82.5 cm³/mol. The van der Waals surface area contributed by atoms with Gasteiger partial charge in [0.15, 0.2) is 0 Å². The summed E-state index contributed by atoms with van der Waals surface area (Å²) in [6, 6.07) is 5.39. The topological polar surface area (TPSA) is 80.9 Å². The number of fused-ring (bicyclic) bond motifs is 1. The van der Waals surface area contributed by atoms with Gasteiger partial charge in [0.2, 0.25) is 0 Å². The third kappa shape index (κ3) is 3.71. The van der Waals surface area contributed by atoms with Gasteiger partial charge < -0.3 is 11.1 Å². The molecule has 0 spiro atoms. The molecule has 2 aromatic rings. The maximum atomic E-state index is 12.1. The molecule has 0 saturated carbocycles. The first-order chi connectivity index (χ1) is 9.68. The van der Waals surface area contributed by atoms with Crippen molar-refractivity contribution in [2.24, 2.45) is 5.73 Å². The number of nitrogens with two attached hydrogens (primary N) is 1. The van der Waals surface area contributed by atoms with Crippen molar-refractivity contribution in [1.29, 1.82) is 0 Å². The second-order valence-corrected chi connectivity index (χ2v) is 4.93. The first kappa shape index (κ1) is 14.3. The SMILES string of the molecule is NC(=S)CCCCNC(=O)c1cccc2nccnc12. The number of nitrogens with one attached hydrogen (secondary N) is 1. The summed E-state index contributed by atoms with van der Waals surface area (Å²) in [6.07, 6.45) is 5.64. The molecule has 1 aromatic heterocycles. The highest BCUT2D eigenvalue weighted by atomic mass is 32.1. The van der Waals surface area contributed by atoms with Gasteiger partial charge in [-0.1, -0.05) is 18.3 Å². The summed E-state index contributed by atoms with van der Waals surface area (Å²) >= 11 is 4.80. The van der Waals surface area contributed by atoms with Gasteiger partial charge in [0, 0.05) is 18.9 Å². The van der Waals surface area contributed by atoms with Crippen LogP contribution in [-0.4, -0.2) is 27.4 Å². The molecule has 2 rings (SSSR count). The molecular weight excluding hydrogens is 272 g/mol. The number of thiocarbonyl (C=S) groups is 1. The highest BCUT2D eigenvalue weighted by molar-refractivity contribution is 7.80. The van der Waals surface area contributed by atoms with E-state index in [4.69, 9.17) is 18.0 Å². The minimum Gasteiger partial charge on any atom is -0.393 e. The maximum Gasteiger partial charge on any atom is 0.253 e. The third-order valence-corrected chi connectivity index (χ3v) is 3.08. The quantitative estimate of drug-likeness (QED) is 0.626. The van der Waals surface area contributed by atoms with Crippen LogP contribution in [0.2, 0.25) is 0 Å². The average molecular weight is 288 g/mol. The van der Waals surface area contributed by atoms with Crippen LogP contribution in [0.4, 0.5) is 0 Å². The van der Waals surface area contributed by atoms with Crippen molar-refractivity contribution >= 4 is 34.1 Å². The molecule has 6 heteroatoms. The average Bonchev–Trinajstić information content (AvgIpc) is 2.45. The van der Waals surface area contributed by atoms with E-state index in [1.807, 2.05) is 6.07 Å². The molecule has 0 unspecified atom stereocenters. The lowest BCUT2D eigenvalue weighted by Gasteiger charge is -2.06. The summed E-state index contributed by atoms with van der Waals surface area (Å²) in [5, 5.41) is 2.87. The van der Waals surface area contributed by atoms with Crippen LogP contribution >= 0.6 is 12.2 Å². The van der Waals surface area contributed by atoms with Crippen molar-refractivity contribution in [2.45, 2.75) is 19.3 Å². The van der Waals surface area contributed by atoms with E-state index in [1.165, 1.54) is 0 Å². The summed E-state index contributed by atoms with van der Waals surface area (Å²) in [7, 11) is 0. The van der Waals surface area contributed by atoms with Gasteiger partial charge in [0.05, 0.1) is 16.1 Å². The Morgan fingerprint density at radius 1 is 1.25 bits per heavy atom. The van der Waals surface area contributed by atoms with E-state index in [0.29, 0.717) is 34.6 Å². The fourth-order valence-corrected chi connectivity index (χ4v) is 2.04. The van der Waals surface area contributed by atoms with Crippen LogP contribution in [0.5, 0.6) is 0 Å². The van der Waals surface area contributed by atoms with Gasteiger partial charge in [-0.25, -0.2) is 0 Å². The largest absolute Gasteiger partial charge is 0.393 e. The zero-order valence-electron chi connectivity index (χ0n) is 11.0. The number of carbonyl (C=O) groups excluding carboxylic acids is 1. The number of amides is 1. The van der Waals surface area contributed by atoms with Gasteiger partial charge in [0.25, 0.3) is 5.91 Å². The van der Waals surface area contributed by atoms with E-state index in [1.54, 1.807) is 24.5 Å². The molecule has 0 fully saturated rings. The number of unbranched alkanes of at least 4 members (excludes halogenated alkanes) is 1. The van der Waals surface area contributed by atoms with Gasteiger partial charge in [-0.3, -0.25) is 14.8 Å². The van der Waals surface area contributed by atoms with E-state index in [2.05, 4.69) is 15.3 Å². The molecule has 0 saturated heterocycles. The highest BCUT2D eigenvalue weighted by Gasteiger charge is 2.10. The van der Waals surface area contributed by atoms with Gasteiger partial charge in [-0.15, -0.1) is 0 Å². The van der Waals surface area contributed by atoms with Gasteiger partial charge in [-0.05, 0) is 31.4 Å². The van der Waals surface area contributed by atoms with Gasteiger partial charge in [-0.2, -0.15) is 0 Å². The van der Waals surface area contributed by atoms with Crippen molar-refractivity contribution in [3.8, 4) is 0 Å². The van der Waals surface area contributed by atoms with Crippen LogP contribution in [0.25, 0.3) is 11.0 Å². The normalized spacial score (nSPS) is 10.4. The lowest BCUT2D eigenvalue weighted by molar-refractivity contribution is 0.0954. The van der Waals surface area contributed by atoms with E-state index >= 15 is 0 Å². The molecule has 0 radical (unpaired) electrons. The zero-order chi connectivity index (χ0) is 14.4. The highest BCUT2D eigenvalue weighted by Crippen LogP contribution is 2.13. The lowest BCUT2D eigenvalue weighted by Crippen LogP contribution is -2.25. The molecule has 0 aliphatic carbocycles. The molecule has 5 nitrogen and oxygen atoms in total. The molecule has 20 heavy (non-hydrogen) atoms. The molecule has 104 valence electrons. The number of para-hydroxylation sites is 1. The minimum absolute atomic E-state index is 0.133. The standard InChI is InChI=1S/C14H16N4OS/c15-12(20)6-1-2-7-18-14(19)10-4-3-5-11-13(10)17-9-8-16-11/h3-5,8-9H,1-2,6-7H2,(H2,15,20)(H,18,19). The molecule has 3 N–H and O–H groups in total. The number of hydrogen-bond acceptors (Lipinski definition) is 4. The molecule has 1 aromatic carbocycles.